The molecule has 0 aliphatic carbocycles. The largest absolute Gasteiger partial charge is 0.481 e. The number of rotatable bonds is 29. The normalized spacial score (nSPS) is 21.1. The lowest BCUT2D eigenvalue weighted by Gasteiger charge is -2.29. The van der Waals surface area contributed by atoms with Crippen molar-refractivity contribution >= 4 is 80.6 Å². The molecular weight excluding hydrogens is 1120 g/mol. The van der Waals surface area contributed by atoms with Crippen LogP contribution in [0.1, 0.15) is 148 Å². The Labute approximate surface area is 491 Å². The molecule has 2 aliphatic heterocycles. The number of esters is 2. The van der Waals surface area contributed by atoms with Crippen LogP contribution < -0.4 is 16.0 Å². The molecule has 0 spiro atoms. The minimum Gasteiger partial charge on any atom is -0.481 e. The van der Waals surface area contributed by atoms with Crippen molar-refractivity contribution in [3.63, 3.8) is 0 Å². The molecule has 83 heavy (non-hydrogen) atoms. The van der Waals surface area contributed by atoms with E-state index in [0.29, 0.717) is 17.0 Å². The number of halogens is 1. The minimum atomic E-state index is -4.25. The average Bonchev–Trinajstić information content (AvgIpc) is 2.60. The van der Waals surface area contributed by atoms with Crippen molar-refractivity contribution < 1.29 is 80.2 Å². The van der Waals surface area contributed by atoms with Crippen LogP contribution in [-0.4, -0.2) is 138 Å². The molecule has 2 aromatic carbocycles. The van der Waals surface area contributed by atoms with Gasteiger partial charge in [0.15, 0.2) is 11.9 Å². The van der Waals surface area contributed by atoms with Crippen LogP contribution >= 0.6 is 11.6 Å². The third-order valence-electron chi connectivity index (χ3n) is 14.7. The van der Waals surface area contributed by atoms with Gasteiger partial charge in [0.1, 0.15) is 29.8 Å². The number of ether oxygens (including phenoxy) is 3. The number of hydrogen-bond donors (Lipinski definition) is 5. The van der Waals surface area contributed by atoms with E-state index in [0.717, 1.165) is 21.6 Å². The predicted molar refractivity (Wildman–Crippen MR) is 307 cm³/mol. The average molecular weight is 1200 g/mol. The molecule has 1 saturated heterocycles. The van der Waals surface area contributed by atoms with E-state index in [-0.39, 0.29) is 113 Å². The van der Waals surface area contributed by atoms with Crippen LogP contribution in [0.5, 0.6) is 0 Å². The first kappa shape index (κ1) is 69.1. The molecule has 458 valence electrons. The topological polar surface area (TPSA) is 316 Å². The summed E-state index contributed by atoms with van der Waals surface area (Å²) in [5.41, 5.74) is 1.96. The third-order valence-corrected chi connectivity index (χ3v) is 15.9. The summed E-state index contributed by atoms with van der Waals surface area (Å²) in [5, 5.41) is 18.0. The number of carbonyl (C=O) groups is 10. The van der Waals surface area contributed by atoms with Gasteiger partial charge in [0.2, 0.25) is 23.6 Å². The van der Waals surface area contributed by atoms with Crippen molar-refractivity contribution in [2.75, 3.05) is 25.4 Å². The standard InChI is InChI=1S/C60H83ClN4O17S/c1-35(2)30-49-58(75)80-48(13-10-14-50(69)63-45(33-41-16-15-37(5)44(61)32-41)57(74)62-34-60(8,9)59(76)81-49)39(7)55-56(82-55)42-20-17-40(18-21-42)19-23-46(67)38(6)31-47(68)54(36(3)4)64-51(70)25-27-65(28-26-53(72)73)52(71)24-22-43(66)12-11-29-83(77,78)79/h10,14-18,20-21,32,35-36,38-39,45,48-49,54-56H,11-13,19,22-31,33-34H2,1-9H3,(H,62,74)(H,63,69)(H,64,70)(H,72,73)(H,77,78,79)/b14-10+/t38-,39+,45-,48+,49+,54+,55-,56-/m1/s1. The fourth-order valence-corrected chi connectivity index (χ4v) is 10.1. The molecule has 2 aromatic rings. The summed E-state index contributed by atoms with van der Waals surface area (Å²) in [5.74, 6) is -8.03. The summed E-state index contributed by atoms with van der Waals surface area (Å²) < 4.78 is 48.9. The van der Waals surface area contributed by atoms with E-state index >= 15 is 0 Å². The second-order valence-corrected chi connectivity index (χ2v) is 25.2. The van der Waals surface area contributed by atoms with E-state index in [9.17, 15) is 61.5 Å². The number of aryl methyl sites for hydroxylation is 2. The number of amides is 4. The van der Waals surface area contributed by atoms with Crippen molar-refractivity contribution in [1.29, 1.82) is 0 Å². The molecule has 0 unspecified atom stereocenters. The smallest absolute Gasteiger partial charge is 0.347 e. The maximum Gasteiger partial charge on any atom is 0.347 e. The zero-order chi connectivity index (χ0) is 61.9. The van der Waals surface area contributed by atoms with Crippen LogP contribution in [0, 0.1) is 36.0 Å². The number of hydrogen-bond acceptors (Lipinski definition) is 15. The molecule has 23 heteroatoms. The first-order valence-electron chi connectivity index (χ1n) is 28.3. The molecule has 21 nitrogen and oxygen atoms in total. The highest BCUT2D eigenvalue weighted by Crippen LogP contribution is 2.45. The van der Waals surface area contributed by atoms with Gasteiger partial charge in [-0.15, -0.1) is 0 Å². The van der Waals surface area contributed by atoms with Crippen molar-refractivity contribution in [2.45, 2.75) is 176 Å². The number of aliphatic carboxylic acids is 1. The third kappa shape index (κ3) is 23.7. The quantitative estimate of drug-likeness (QED) is 0.0335. The summed E-state index contributed by atoms with van der Waals surface area (Å²) in [7, 11) is -4.25. The van der Waals surface area contributed by atoms with Gasteiger partial charge in [0.05, 0.1) is 29.7 Å². The van der Waals surface area contributed by atoms with Gasteiger partial charge in [-0.25, -0.2) is 4.79 Å². The van der Waals surface area contributed by atoms with Crippen molar-refractivity contribution in [3.8, 4) is 0 Å². The molecule has 4 rings (SSSR count). The van der Waals surface area contributed by atoms with Gasteiger partial charge in [-0.3, -0.25) is 47.7 Å². The number of benzene rings is 2. The van der Waals surface area contributed by atoms with E-state index < -0.39 is 117 Å². The van der Waals surface area contributed by atoms with Gasteiger partial charge in [-0.2, -0.15) is 8.42 Å². The molecule has 2 aliphatic rings. The predicted octanol–water partition coefficient (Wildman–Crippen LogP) is 6.37. The first-order chi connectivity index (χ1) is 38.8. The first-order valence-corrected chi connectivity index (χ1v) is 30.3. The molecule has 5 N–H and O–H groups in total. The number of Topliss-reactive ketones (excluding diaryl/α,β-unsaturated/α-hetero) is 3. The maximum absolute atomic E-state index is 14.0. The van der Waals surface area contributed by atoms with E-state index in [2.05, 4.69) is 16.0 Å². The summed E-state index contributed by atoms with van der Waals surface area (Å²) in [6, 6.07) is 10.9. The number of carboxylic acid groups (broad SMARTS) is 1. The lowest BCUT2D eigenvalue weighted by molar-refractivity contribution is -0.179. The molecule has 0 aromatic heterocycles. The van der Waals surface area contributed by atoms with E-state index in [1.54, 1.807) is 46.8 Å². The fourth-order valence-electron chi connectivity index (χ4n) is 9.35. The van der Waals surface area contributed by atoms with Crippen LogP contribution in [0.15, 0.2) is 54.6 Å². The minimum absolute atomic E-state index is 0.0682. The van der Waals surface area contributed by atoms with Gasteiger partial charge in [0.25, 0.3) is 10.1 Å². The van der Waals surface area contributed by atoms with Crippen LogP contribution in [0.25, 0.3) is 0 Å². The Balaban J connectivity index is 1.36. The number of ketones is 3. The summed E-state index contributed by atoms with van der Waals surface area (Å²) >= 11 is 6.39. The van der Waals surface area contributed by atoms with E-state index in [1.165, 1.54) is 6.08 Å². The zero-order valence-corrected chi connectivity index (χ0v) is 50.6. The number of nitrogens with one attached hydrogen (secondary N) is 3. The number of nitrogens with zero attached hydrogens (tertiary/aromatic N) is 1. The zero-order valence-electron chi connectivity index (χ0n) is 49.0. The molecule has 1 fully saturated rings. The molecule has 2 heterocycles. The molecule has 0 saturated carbocycles. The monoisotopic (exact) mass is 1200 g/mol. The van der Waals surface area contributed by atoms with Gasteiger partial charge in [-0.05, 0) is 86.3 Å². The molecule has 8 atom stereocenters. The number of carbonyl (C=O) groups excluding carboxylic acids is 9. The summed E-state index contributed by atoms with van der Waals surface area (Å²) in [6.07, 6.45) is -0.909. The van der Waals surface area contributed by atoms with E-state index in [1.807, 2.05) is 64.1 Å². The molecular formula is C60H83ClN4O17S. The van der Waals surface area contributed by atoms with Crippen molar-refractivity contribution in [2.24, 2.45) is 29.1 Å². The highest BCUT2D eigenvalue weighted by molar-refractivity contribution is 7.85. The Hall–Kier alpha value is -6.36. The molecule has 0 bridgehead atoms. The number of carboxylic acids is 1. The van der Waals surface area contributed by atoms with Crippen LogP contribution in [0.2, 0.25) is 5.02 Å². The van der Waals surface area contributed by atoms with E-state index in [4.69, 9.17) is 30.4 Å². The second kappa shape index (κ2) is 32.1. The van der Waals surface area contributed by atoms with Gasteiger partial charge < -0.3 is 40.2 Å². The number of cyclic esters (lactones) is 2. The Morgan fingerprint density at radius 3 is 2.14 bits per heavy atom. The van der Waals surface area contributed by atoms with Crippen LogP contribution in [0.4, 0.5) is 0 Å². The summed E-state index contributed by atoms with van der Waals surface area (Å²) in [6.45, 7) is 15.2. The van der Waals surface area contributed by atoms with Crippen LogP contribution in [0.3, 0.4) is 0 Å². The van der Waals surface area contributed by atoms with Crippen molar-refractivity contribution in [3.05, 3.63) is 81.9 Å². The SMILES string of the molecule is Cc1ccc(C[C@H]2NC(=O)/C=C/C[C@@H]([C@H](C)[C@H]3O[C@@H]3c3ccc(CCC(=O)[C@H](C)CC(=O)[C@@H](NC(=O)CCN(CCC(=O)O)C(=O)CCC(=O)CCCS(=O)(=O)O)C(C)C)cc3)OC(=O)[C@H](CC(C)C)OC(=O)C(C)(C)CNC2=O)cc1Cl. The van der Waals surface area contributed by atoms with Gasteiger partial charge >= 0.3 is 17.9 Å². The fraction of sp³-hybridized carbons (Fsp3) is 0.600. The Morgan fingerprint density at radius 1 is 0.855 bits per heavy atom. The van der Waals surface area contributed by atoms with Crippen LogP contribution in [-0.2, 0) is 85.1 Å². The molecule has 4 amide bonds. The lowest BCUT2D eigenvalue weighted by Crippen LogP contribution is -2.51. The lowest BCUT2D eigenvalue weighted by atomic mass is 9.89. The highest BCUT2D eigenvalue weighted by Gasteiger charge is 2.48. The van der Waals surface area contributed by atoms with Gasteiger partial charge in [0, 0.05) is 87.9 Å². The highest BCUT2D eigenvalue weighted by atomic mass is 35.5. The summed E-state index contributed by atoms with van der Waals surface area (Å²) in [4.78, 5) is 132. The molecule has 0 radical (unpaired) electrons. The Kier molecular flexibility index (Phi) is 26.7. The number of epoxide rings is 1. The van der Waals surface area contributed by atoms with Crippen molar-refractivity contribution in [1.82, 2.24) is 20.9 Å². The maximum atomic E-state index is 14.0. The van der Waals surface area contributed by atoms with Gasteiger partial charge in [-0.1, -0.05) is 95.6 Å². The Bertz CT molecular complexity index is 2800. The second-order valence-electron chi connectivity index (χ2n) is 23.2. The Morgan fingerprint density at radius 2 is 1.52 bits per heavy atom.